The molecule has 0 aliphatic carbocycles. The summed E-state index contributed by atoms with van der Waals surface area (Å²) >= 11 is 7.63. The Balaban J connectivity index is 2.86. The maximum absolute atomic E-state index is 6.21. The van der Waals surface area contributed by atoms with E-state index in [9.17, 15) is 0 Å². The Labute approximate surface area is 107 Å². The molecule has 2 nitrogen and oxygen atoms in total. The van der Waals surface area contributed by atoms with Crippen LogP contribution in [0.1, 0.15) is 37.6 Å². The topological polar surface area (TPSA) is 29.3 Å². The van der Waals surface area contributed by atoms with E-state index < -0.39 is 0 Å². The molecule has 0 bridgehead atoms. The summed E-state index contributed by atoms with van der Waals surface area (Å²) in [5, 5.41) is 0. The third-order valence-corrected chi connectivity index (χ3v) is 4.12. The number of nitrogens with zero attached hydrogens (tertiary/aromatic N) is 1. The predicted molar refractivity (Wildman–Crippen MR) is 73.3 cm³/mol. The van der Waals surface area contributed by atoms with Gasteiger partial charge in [0.1, 0.15) is 0 Å². The molecule has 0 amide bonds. The first-order valence-corrected chi connectivity index (χ1v) is 7.00. The fourth-order valence-corrected chi connectivity index (χ4v) is 3.26. The molecule has 1 heterocycles. The summed E-state index contributed by atoms with van der Waals surface area (Å²) in [5.74, 6) is 0. The molecular weight excluding hydrogens is 240 g/mol. The standard InChI is InChI=1S/C12H21ClN2S/c1-4-8-15(3)12(9(14)5-2)10-6-7-11(13)16-10/h6-7,9,12H,4-5,8,14H2,1-3H3. The number of halogens is 1. The van der Waals surface area contributed by atoms with Crippen LogP contribution >= 0.6 is 22.9 Å². The van der Waals surface area contributed by atoms with E-state index in [1.807, 2.05) is 6.07 Å². The first kappa shape index (κ1) is 14.0. The van der Waals surface area contributed by atoms with E-state index in [1.165, 1.54) is 4.88 Å². The second-order valence-corrected chi connectivity index (χ2v) is 5.89. The van der Waals surface area contributed by atoms with Gasteiger partial charge in [-0.05, 0) is 38.6 Å². The van der Waals surface area contributed by atoms with Crippen LogP contribution in [0.25, 0.3) is 0 Å². The van der Waals surface area contributed by atoms with Gasteiger partial charge in [-0.2, -0.15) is 0 Å². The molecule has 0 saturated carbocycles. The molecule has 0 spiro atoms. The van der Waals surface area contributed by atoms with Crippen LogP contribution in [-0.4, -0.2) is 24.5 Å². The summed E-state index contributed by atoms with van der Waals surface area (Å²) < 4.78 is 0.841. The highest BCUT2D eigenvalue weighted by molar-refractivity contribution is 7.16. The number of likely N-dealkylation sites (N-methyl/N-ethyl adjacent to an activating group) is 1. The Bertz CT molecular complexity index is 314. The molecule has 2 N–H and O–H groups in total. The van der Waals surface area contributed by atoms with Crippen molar-refractivity contribution in [1.82, 2.24) is 4.90 Å². The highest BCUT2D eigenvalue weighted by atomic mass is 35.5. The van der Waals surface area contributed by atoms with Crippen molar-refractivity contribution in [3.05, 3.63) is 21.3 Å². The molecule has 92 valence electrons. The van der Waals surface area contributed by atoms with E-state index in [2.05, 4.69) is 31.9 Å². The second-order valence-electron chi connectivity index (χ2n) is 4.14. The maximum atomic E-state index is 6.21. The van der Waals surface area contributed by atoms with E-state index in [0.29, 0.717) is 6.04 Å². The molecule has 2 unspecified atom stereocenters. The average Bonchev–Trinajstić information content (AvgIpc) is 2.65. The predicted octanol–water partition coefficient (Wildman–Crippen LogP) is 3.52. The minimum Gasteiger partial charge on any atom is -0.326 e. The Kier molecular flexibility index (Phi) is 5.76. The Hall–Kier alpha value is -0.0900. The van der Waals surface area contributed by atoms with Crippen molar-refractivity contribution in [3.63, 3.8) is 0 Å². The van der Waals surface area contributed by atoms with Crippen molar-refractivity contribution in [1.29, 1.82) is 0 Å². The number of rotatable bonds is 6. The summed E-state index contributed by atoms with van der Waals surface area (Å²) in [4.78, 5) is 3.60. The summed E-state index contributed by atoms with van der Waals surface area (Å²) in [6.07, 6.45) is 2.12. The smallest absolute Gasteiger partial charge is 0.0931 e. The van der Waals surface area contributed by atoms with Gasteiger partial charge in [0.25, 0.3) is 0 Å². The molecule has 2 atom stereocenters. The average molecular weight is 261 g/mol. The lowest BCUT2D eigenvalue weighted by Gasteiger charge is -2.31. The van der Waals surface area contributed by atoms with E-state index in [-0.39, 0.29) is 6.04 Å². The lowest BCUT2D eigenvalue weighted by atomic mass is 10.0. The van der Waals surface area contributed by atoms with Crippen molar-refractivity contribution < 1.29 is 0 Å². The highest BCUT2D eigenvalue weighted by Crippen LogP contribution is 2.32. The molecule has 0 radical (unpaired) electrons. The van der Waals surface area contributed by atoms with Crippen LogP contribution in [-0.2, 0) is 0 Å². The summed E-state index contributed by atoms with van der Waals surface area (Å²) in [6, 6.07) is 4.52. The van der Waals surface area contributed by atoms with Crippen LogP contribution in [0.2, 0.25) is 4.34 Å². The van der Waals surface area contributed by atoms with Crippen LogP contribution in [0.5, 0.6) is 0 Å². The zero-order chi connectivity index (χ0) is 12.1. The van der Waals surface area contributed by atoms with Crippen molar-refractivity contribution in [3.8, 4) is 0 Å². The first-order chi connectivity index (χ1) is 7.60. The van der Waals surface area contributed by atoms with Crippen LogP contribution in [0, 0.1) is 0 Å². The quantitative estimate of drug-likeness (QED) is 0.848. The second kappa shape index (κ2) is 6.60. The van der Waals surface area contributed by atoms with E-state index in [0.717, 1.165) is 23.7 Å². The number of thiophene rings is 1. The van der Waals surface area contributed by atoms with Crippen LogP contribution in [0.4, 0.5) is 0 Å². The molecule has 0 fully saturated rings. The summed E-state index contributed by atoms with van der Waals surface area (Å²) in [6.45, 7) is 5.38. The van der Waals surface area contributed by atoms with Gasteiger partial charge < -0.3 is 5.73 Å². The highest BCUT2D eigenvalue weighted by Gasteiger charge is 2.23. The van der Waals surface area contributed by atoms with E-state index in [4.69, 9.17) is 17.3 Å². The SMILES string of the molecule is CCCN(C)C(c1ccc(Cl)s1)C(N)CC. The normalized spacial score (nSPS) is 15.4. The largest absolute Gasteiger partial charge is 0.326 e. The van der Waals surface area contributed by atoms with Crippen molar-refractivity contribution in [2.24, 2.45) is 5.73 Å². The molecule has 1 aromatic heterocycles. The molecule has 0 aromatic carbocycles. The van der Waals surface area contributed by atoms with Gasteiger partial charge in [-0.1, -0.05) is 25.4 Å². The molecule has 16 heavy (non-hydrogen) atoms. The van der Waals surface area contributed by atoms with E-state index in [1.54, 1.807) is 11.3 Å². The van der Waals surface area contributed by atoms with Crippen molar-refractivity contribution in [2.45, 2.75) is 38.8 Å². The van der Waals surface area contributed by atoms with Gasteiger partial charge in [-0.3, -0.25) is 4.90 Å². The Morgan fingerprint density at radius 3 is 2.56 bits per heavy atom. The van der Waals surface area contributed by atoms with Gasteiger partial charge >= 0.3 is 0 Å². The molecule has 0 saturated heterocycles. The Morgan fingerprint density at radius 2 is 2.12 bits per heavy atom. The zero-order valence-corrected chi connectivity index (χ0v) is 11.8. The lowest BCUT2D eigenvalue weighted by molar-refractivity contribution is 0.213. The number of hydrogen-bond donors (Lipinski definition) is 1. The maximum Gasteiger partial charge on any atom is 0.0931 e. The molecule has 1 aromatic rings. The van der Waals surface area contributed by atoms with Gasteiger partial charge in [0.2, 0.25) is 0 Å². The van der Waals surface area contributed by atoms with Crippen LogP contribution in [0.15, 0.2) is 12.1 Å². The molecule has 1 rings (SSSR count). The summed E-state index contributed by atoms with van der Waals surface area (Å²) in [7, 11) is 2.14. The lowest BCUT2D eigenvalue weighted by Crippen LogP contribution is -2.38. The van der Waals surface area contributed by atoms with Gasteiger partial charge in [-0.15, -0.1) is 11.3 Å². The third kappa shape index (κ3) is 3.45. The summed E-state index contributed by atoms with van der Waals surface area (Å²) in [5.41, 5.74) is 6.21. The van der Waals surface area contributed by atoms with E-state index >= 15 is 0 Å². The zero-order valence-electron chi connectivity index (χ0n) is 10.2. The third-order valence-electron chi connectivity index (χ3n) is 2.81. The van der Waals surface area contributed by atoms with Crippen LogP contribution in [0.3, 0.4) is 0 Å². The van der Waals surface area contributed by atoms with Gasteiger partial charge in [0.05, 0.1) is 10.4 Å². The van der Waals surface area contributed by atoms with Crippen LogP contribution < -0.4 is 5.73 Å². The Morgan fingerprint density at radius 1 is 1.44 bits per heavy atom. The minimum absolute atomic E-state index is 0.172. The number of nitrogens with two attached hydrogens (primary N) is 1. The molecule has 0 aliphatic rings. The van der Waals surface area contributed by atoms with Crippen molar-refractivity contribution >= 4 is 22.9 Å². The molecular formula is C12H21ClN2S. The van der Waals surface area contributed by atoms with Gasteiger partial charge in [0.15, 0.2) is 0 Å². The monoisotopic (exact) mass is 260 g/mol. The first-order valence-electron chi connectivity index (χ1n) is 5.81. The number of hydrogen-bond acceptors (Lipinski definition) is 3. The minimum atomic E-state index is 0.172. The molecule has 4 heteroatoms. The van der Waals surface area contributed by atoms with Gasteiger partial charge in [-0.25, -0.2) is 0 Å². The van der Waals surface area contributed by atoms with Crippen molar-refractivity contribution in [2.75, 3.05) is 13.6 Å². The van der Waals surface area contributed by atoms with Gasteiger partial charge in [0, 0.05) is 10.9 Å². The fraction of sp³-hybridized carbons (Fsp3) is 0.667. The fourth-order valence-electron chi connectivity index (χ4n) is 1.96. The molecule has 0 aliphatic heterocycles.